The maximum atomic E-state index is 12.1. The second kappa shape index (κ2) is 7.16. The summed E-state index contributed by atoms with van der Waals surface area (Å²) in [5.41, 5.74) is 2.70. The van der Waals surface area contributed by atoms with Gasteiger partial charge in [-0.2, -0.15) is 5.10 Å². The minimum atomic E-state index is 0.00404. The molecule has 142 valence electrons. The van der Waals surface area contributed by atoms with Gasteiger partial charge >= 0.3 is 0 Å². The third kappa shape index (κ3) is 3.21. The Labute approximate surface area is 166 Å². The number of aromatic nitrogens is 3. The Morgan fingerprint density at radius 3 is 2.69 bits per heavy atom. The molecule has 0 atom stereocenters. The van der Waals surface area contributed by atoms with E-state index in [1.165, 1.54) is 6.07 Å². The second-order valence-electron chi connectivity index (χ2n) is 6.70. The average Bonchev–Trinajstić information content (AvgIpc) is 3.18. The van der Waals surface area contributed by atoms with Crippen LogP contribution in [-0.2, 0) is 6.54 Å². The highest BCUT2D eigenvalue weighted by molar-refractivity contribution is 5.95. The highest BCUT2D eigenvalue weighted by Gasteiger charge is 2.13. The number of rotatable bonds is 5. The predicted molar refractivity (Wildman–Crippen MR) is 115 cm³/mol. The number of benzene rings is 3. The molecule has 0 radical (unpaired) electrons. The lowest BCUT2D eigenvalue weighted by atomic mass is 10.1. The van der Waals surface area contributed by atoms with Gasteiger partial charge in [0.15, 0.2) is 11.2 Å². The van der Waals surface area contributed by atoms with Gasteiger partial charge in [-0.1, -0.05) is 36.4 Å². The van der Waals surface area contributed by atoms with Crippen molar-refractivity contribution in [3.05, 3.63) is 94.8 Å². The monoisotopic (exact) mass is 382 g/mol. The van der Waals surface area contributed by atoms with E-state index in [1.54, 1.807) is 6.20 Å². The molecule has 2 heterocycles. The van der Waals surface area contributed by atoms with Crippen LogP contribution in [0.5, 0.6) is 11.5 Å². The minimum Gasteiger partial charge on any atom is -0.457 e. The number of anilines is 1. The van der Waals surface area contributed by atoms with E-state index >= 15 is 0 Å². The Hall–Kier alpha value is -4.06. The van der Waals surface area contributed by atoms with Crippen LogP contribution in [0.1, 0.15) is 5.56 Å². The summed E-state index contributed by atoms with van der Waals surface area (Å²) >= 11 is 0. The van der Waals surface area contributed by atoms with Gasteiger partial charge in [-0.25, -0.2) is 0 Å². The Morgan fingerprint density at radius 2 is 1.79 bits per heavy atom. The summed E-state index contributed by atoms with van der Waals surface area (Å²) in [6, 6.07) is 22.7. The first kappa shape index (κ1) is 17.1. The van der Waals surface area contributed by atoms with Gasteiger partial charge in [-0.15, -0.1) is 0 Å². The summed E-state index contributed by atoms with van der Waals surface area (Å²) in [6.07, 6.45) is 1.67. The summed E-state index contributed by atoms with van der Waals surface area (Å²) in [5.74, 6) is 2.18. The first-order chi connectivity index (χ1) is 14.3. The number of para-hydroxylation sites is 2. The summed E-state index contributed by atoms with van der Waals surface area (Å²) in [6.45, 7) is 0.511. The van der Waals surface area contributed by atoms with Gasteiger partial charge in [0.1, 0.15) is 11.5 Å². The van der Waals surface area contributed by atoms with E-state index < -0.39 is 0 Å². The lowest BCUT2D eigenvalue weighted by Crippen LogP contribution is -2.05. The van der Waals surface area contributed by atoms with Gasteiger partial charge in [0.2, 0.25) is 0 Å². The van der Waals surface area contributed by atoms with Crippen LogP contribution in [-0.4, -0.2) is 15.2 Å². The summed E-state index contributed by atoms with van der Waals surface area (Å²) < 4.78 is 6.08. The number of aromatic amines is 2. The van der Waals surface area contributed by atoms with E-state index in [-0.39, 0.29) is 5.43 Å². The molecule has 0 spiro atoms. The predicted octanol–water partition coefficient (Wildman–Crippen LogP) is 4.81. The Kier molecular flexibility index (Phi) is 4.22. The summed E-state index contributed by atoms with van der Waals surface area (Å²) in [7, 11) is 0. The fourth-order valence-electron chi connectivity index (χ4n) is 3.46. The number of pyridine rings is 1. The van der Waals surface area contributed by atoms with E-state index in [0.29, 0.717) is 17.7 Å². The van der Waals surface area contributed by atoms with Gasteiger partial charge < -0.3 is 15.0 Å². The normalized spacial score (nSPS) is 11.0. The molecule has 5 aromatic rings. The van der Waals surface area contributed by atoms with Crippen molar-refractivity contribution in [1.82, 2.24) is 15.2 Å². The van der Waals surface area contributed by atoms with Crippen LogP contribution in [0.3, 0.4) is 0 Å². The highest BCUT2D eigenvalue weighted by Crippen LogP contribution is 2.34. The van der Waals surface area contributed by atoms with E-state index in [4.69, 9.17) is 4.74 Å². The van der Waals surface area contributed by atoms with Crippen LogP contribution in [0.2, 0.25) is 0 Å². The largest absolute Gasteiger partial charge is 0.457 e. The van der Waals surface area contributed by atoms with E-state index in [2.05, 4.69) is 20.5 Å². The SMILES string of the molecule is O=c1cc[nH]c2c(CNc3n[nH]c4cccc(Oc5ccccc5)c34)cccc12. The first-order valence-corrected chi connectivity index (χ1v) is 9.33. The topological polar surface area (TPSA) is 82.8 Å². The van der Waals surface area contributed by atoms with E-state index in [1.807, 2.05) is 66.7 Å². The third-order valence-corrected chi connectivity index (χ3v) is 4.85. The van der Waals surface area contributed by atoms with Crippen molar-refractivity contribution in [1.29, 1.82) is 0 Å². The molecule has 0 saturated heterocycles. The molecule has 0 unspecified atom stereocenters. The standard InChI is InChI=1S/C23H18N4O2/c28-19-12-13-24-22-15(6-4-9-17(19)22)14-25-23-21-18(26-27-23)10-5-11-20(21)29-16-7-2-1-3-8-16/h1-13H,14H2,(H,24,28)(H2,25,26,27). The van der Waals surface area contributed by atoms with E-state index in [9.17, 15) is 4.79 Å². The highest BCUT2D eigenvalue weighted by atomic mass is 16.5. The minimum absolute atomic E-state index is 0.00404. The number of nitrogens with one attached hydrogen (secondary N) is 3. The van der Waals surface area contributed by atoms with Gasteiger partial charge in [-0.05, 0) is 35.9 Å². The van der Waals surface area contributed by atoms with Crippen LogP contribution in [0.25, 0.3) is 21.8 Å². The Balaban J connectivity index is 1.49. The van der Waals surface area contributed by atoms with Crippen molar-refractivity contribution in [3.63, 3.8) is 0 Å². The summed E-state index contributed by atoms with van der Waals surface area (Å²) in [5, 5.41) is 12.4. The third-order valence-electron chi connectivity index (χ3n) is 4.85. The van der Waals surface area contributed by atoms with Crippen LogP contribution in [0, 0.1) is 0 Å². The van der Waals surface area contributed by atoms with Gasteiger partial charge in [0.25, 0.3) is 0 Å². The lowest BCUT2D eigenvalue weighted by molar-refractivity contribution is 0.488. The van der Waals surface area contributed by atoms with Gasteiger partial charge in [0, 0.05) is 24.2 Å². The molecule has 3 aromatic carbocycles. The zero-order chi connectivity index (χ0) is 19.6. The smallest absolute Gasteiger partial charge is 0.189 e. The number of fused-ring (bicyclic) bond motifs is 2. The first-order valence-electron chi connectivity index (χ1n) is 9.33. The van der Waals surface area contributed by atoms with Crippen LogP contribution in [0.15, 0.2) is 83.8 Å². The molecule has 0 fully saturated rings. The van der Waals surface area contributed by atoms with Crippen molar-refractivity contribution < 1.29 is 4.74 Å². The Morgan fingerprint density at radius 1 is 0.931 bits per heavy atom. The van der Waals surface area contributed by atoms with Crippen molar-refractivity contribution in [2.45, 2.75) is 6.54 Å². The van der Waals surface area contributed by atoms with Gasteiger partial charge in [0.05, 0.1) is 16.4 Å². The summed E-state index contributed by atoms with van der Waals surface area (Å²) in [4.78, 5) is 15.3. The molecule has 3 N–H and O–H groups in total. The van der Waals surface area contributed by atoms with Crippen molar-refractivity contribution in [2.75, 3.05) is 5.32 Å². The zero-order valence-corrected chi connectivity index (χ0v) is 15.5. The number of hydrogen-bond acceptors (Lipinski definition) is 4. The molecule has 2 aromatic heterocycles. The molecule has 6 nitrogen and oxygen atoms in total. The number of hydrogen-bond donors (Lipinski definition) is 3. The zero-order valence-electron chi connectivity index (χ0n) is 15.5. The second-order valence-corrected chi connectivity index (χ2v) is 6.70. The van der Waals surface area contributed by atoms with Crippen molar-refractivity contribution >= 4 is 27.6 Å². The molecular weight excluding hydrogens is 364 g/mol. The molecule has 6 heteroatoms. The molecule has 0 amide bonds. The number of H-pyrrole nitrogens is 2. The fraction of sp³-hybridized carbons (Fsp3) is 0.0435. The fourth-order valence-corrected chi connectivity index (χ4v) is 3.46. The molecule has 29 heavy (non-hydrogen) atoms. The van der Waals surface area contributed by atoms with E-state index in [0.717, 1.165) is 33.5 Å². The molecule has 0 aliphatic heterocycles. The molecule has 0 saturated carbocycles. The van der Waals surface area contributed by atoms with Crippen molar-refractivity contribution in [2.24, 2.45) is 0 Å². The molecule has 0 aliphatic carbocycles. The van der Waals surface area contributed by atoms with Crippen LogP contribution in [0.4, 0.5) is 5.82 Å². The maximum absolute atomic E-state index is 12.1. The molecule has 5 rings (SSSR count). The molecule has 0 aliphatic rings. The number of ether oxygens (including phenoxy) is 1. The van der Waals surface area contributed by atoms with Gasteiger partial charge in [-0.3, -0.25) is 9.89 Å². The van der Waals surface area contributed by atoms with Crippen LogP contribution < -0.4 is 15.5 Å². The average molecular weight is 382 g/mol. The maximum Gasteiger partial charge on any atom is 0.189 e. The van der Waals surface area contributed by atoms with Crippen molar-refractivity contribution in [3.8, 4) is 11.5 Å². The lowest BCUT2D eigenvalue weighted by Gasteiger charge is -2.10. The van der Waals surface area contributed by atoms with Crippen LogP contribution >= 0.6 is 0 Å². The molecular formula is C23H18N4O2. The number of nitrogens with zero attached hydrogens (tertiary/aromatic N) is 1. The molecule has 0 bridgehead atoms. The quantitative estimate of drug-likeness (QED) is 0.407. The Bertz CT molecular complexity index is 1360.